The molecule has 0 unspecified atom stereocenters. The SMILES string of the molecule is [B]c1cc(-c2c([B])cc([B])c(-c3c([B])c([B])c([B])c([B])c3[B])c2[B])c([B])c([B])c1[B]. The summed E-state index contributed by atoms with van der Waals surface area (Å²) in [5.74, 6) is 0. The molecule has 12 heteroatoms. The number of hydrogen-bond acceptors (Lipinski definition) is 0. The summed E-state index contributed by atoms with van der Waals surface area (Å²) in [6, 6.07) is 2.99. The maximum Gasteiger partial charge on any atom is 0.115 e. The van der Waals surface area contributed by atoms with Gasteiger partial charge in [-0.25, -0.2) is 0 Å². The Hall–Kier alpha value is -1.56. The quantitative estimate of drug-likeness (QED) is 0.404. The van der Waals surface area contributed by atoms with Crippen LogP contribution in [0.5, 0.6) is 0 Å². The number of rotatable bonds is 2. The fraction of sp³-hybridized carbons (Fsp3) is 0. The van der Waals surface area contributed by atoms with Gasteiger partial charge in [-0.1, -0.05) is 44.9 Å². The Labute approximate surface area is 193 Å². The first-order valence-electron chi connectivity index (χ1n) is 8.62. The minimum absolute atomic E-state index is 0.0503. The van der Waals surface area contributed by atoms with Crippen molar-refractivity contribution >= 4 is 160 Å². The fourth-order valence-corrected chi connectivity index (χ4v) is 3.41. The molecule has 0 aliphatic carbocycles. The van der Waals surface area contributed by atoms with Crippen LogP contribution >= 0.6 is 0 Å². The monoisotopic (exact) mass is 350 g/mol. The molecular weight excluding hydrogens is 346 g/mol. The second kappa shape index (κ2) is 8.17. The molecule has 0 aliphatic rings. The number of benzene rings is 3. The average Bonchev–Trinajstić information content (AvgIpc) is 2.69. The second-order valence-electron chi connectivity index (χ2n) is 6.92. The Morgan fingerprint density at radius 2 is 0.733 bits per heavy atom. The van der Waals surface area contributed by atoms with Crippen molar-refractivity contribution in [2.45, 2.75) is 0 Å². The topological polar surface area (TPSA) is 0 Å². The molecule has 3 rings (SSSR count). The van der Waals surface area contributed by atoms with E-state index in [1.54, 1.807) is 0 Å². The van der Waals surface area contributed by atoms with Gasteiger partial charge in [0.15, 0.2) is 0 Å². The first kappa shape index (κ1) is 23.1. The van der Waals surface area contributed by atoms with Gasteiger partial charge in [-0.05, 0) is 22.3 Å². The molecule has 0 amide bonds. The minimum atomic E-state index is 0.0503. The van der Waals surface area contributed by atoms with E-state index in [0.29, 0.717) is 11.1 Å². The summed E-state index contributed by atoms with van der Waals surface area (Å²) in [4.78, 5) is 0. The highest BCUT2D eigenvalue weighted by molar-refractivity contribution is 6.70. The van der Waals surface area contributed by atoms with Crippen LogP contribution in [0.2, 0.25) is 0 Å². The lowest BCUT2D eigenvalue weighted by molar-refractivity contribution is 1.78. The molecule has 0 N–H and O–H groups in total. The lowest BCUT2D eigenvalue weighted by atomic mass is 9.57. The molecule has 0 bridgehead atoms. The largest absolute Gasteiger partial charge is 0.115 e. The third kappa shape index (κ3) is 3.45. The third-order valence-corrected chi connectivity index (χ3v) is 5.13. The van der Waals surface area contributed by atoms with Crippen molar-refractivity contribution in [3.05, 3.63) is 12.1 Å². The van der Waals surface area contributed by atoms with Crippen LogP contribution in [0.1, 0.15) is 0 Å². The zero-order chi connectivity index (χ0) is 22.7. The van der Waals surface area contributed by atoms with Gasteiger partial charge in [0.2, 0.25) is 0 Å². The molecule has 0 spiro atoms. The highest BCUT2D eigenvalue weighted by Crippen LogP contribution is 2.16. The smallest absolute Gasteiger partial charge is 0.112 e. The summed E-state index contributed by atoms with van der Waals surface area (Å²) in [5.41, 5.74) is 2.59. The zero-order valence-electron chi connectivity index (χ0n) is 16.1. The predicted molar refractivity (Wildman–Crippen MR) is 142 cm³/mol. The number of hydrogen-bond donors (Lipinski definition) is 0. The molecule has 0 aromatic heterocycles. The van der Waals surface area contributed by atoms with Crippen LogP contribution in [0, 0.1) is 0 Å². The normalized spacial score (nSPS) is 10.9. The van der Waals surface area contributed by atoms with Gasteiger partial charge < -0.3 is 0 Å². The van der Waals surface area contributed by atoms with Gasteiger partial charge in [0.05, 0.1) is 0 Å². The van der Waals surface area contributed by atoms with E-state index in [2.05, 4.69) is 0 Å². The summed E-state index contributed by atoms with van der Waals surface area (Å²) in [6.07, 6.45) is 0. The van der Waals surface area contributed by atoms with Gasteiger partial charge in [-0.3, -0.25) is 0 Å². The maximum atomic E-state index is 6.48. The van der Waals surface area contributed by atoms with Crippen molar-refractivity contribution < 1.29 is 0 Å². The molecule has 0 aliphatic heterocycles. The van der Waals surface area contributed by atoms with Crippen molar-refractivity contribution in [1.82, 2.24) is 0 Å². The maximum absolute atomic E-state index is 6.48. The summed E-state index contributed by atoms with van der Waals surface area (Å²) < 4.78 is 0. The van der Waals surface area contributed by atoms with E-state index in [0.717, 1.165) is 0 Å². The van der Waals surface area contributed by atoms with Crippen molar-refractivity contribution in [2.24, 2.45) is 0 Å². The van der Waals surface area contributed by atoms with Crippen molar-refractivity contribution in [3.8, 4) is 22.3 Å². The summed E-state index contributed by atoms with van der Waals surface area (Å²) in [7, 11) is 73.1. The van der Waals surface area contributed by atoms with Gasteiger partial charge in [0.25, 0.3) is 0 Å². The van der Waals surface area contributed by atoms with Gasteiger partial charge in [-0.2, -0.15) is 0 Å². The van der Waals surface area contributed by atoms with Gasteiger partial charge in [0.1, 0.15) is 94.2 Å². The lowest BCUT2D eigenvalue weighted by Crippen LogP contribution is -2.56. The van der Waals surface area contributed by atoms with E-state index in [9.17, 15) is 0 Å². The van der Waals surface area contributed by atoms with Gasteiger partial charge >= 0.3 is 0 Å². The van der Waals surface area contributed by atoms with E-state index in [-0.39, 0.29) is 76.7 Å². The average molecular weight is 348 g/mol. The molecule has 0 fully saturated rings. The van der Waals surface area contributed by atoms with E-state index in [1.807, 2.05) is 0 Å². The Morgan fingerprint density at radius 3 is 1.27 bits per heavy atom. The third-order valence-electron chi connectivity index (χ3n) is 5.13. The Kier molecular flexibility index (Phi) is 6.30. The van der Waals surface area contributed by atoms with Gasteiger partial charge in [-0.15, -0.1) is 32.8 Å². The second-order valence-corrected chi connectivity index (χ2v) is 6.92. The van der Waals surface area contributed by atoms with E-state index >= 15 is 0 Å². The fourth-order valence-electron chi connectivity index (χ4n) is 3.41. The molecule has 0 nitrogen and oxygen atoms in total. The van der Waals surface area contributed by atoms with Crippen LogP contribution in [-0.4, -0.2) is 94.2 Å². The van der Waals surface area contributed by atoms with Crippen molar-refractivity contribution in [1.29, 1.82) is 0 Å². The summed E-state index contributed by atoms with van der Waals surface area (Å²) in [6.45, 7) is 0. The van der Waals surface area contributed by atoms with Crippen LogP contribution in [0.4, 0.5) is 0 Å². The molecule has 3 aromatic carbocycles. The summed E-state index contributed by atoms with van der Waals surface area (Å²) in [5, 5.41) is 0. The molecule has 24 radical (unpaired) electrons. The van der Waals surface area contributed by atoms with Crippen LogP contribution < -0.4 is 65.6 Å². The molecule has 110 valence electrons. The molecule has 3 aromatic rings. The Balaban J connectivity index is 2.48. The van der Waals surface area contributed by atoms with Crippen molar-refractivity contribution in [3.63, 3.8) is 0 Å². The van der Waals surface area contributed by atoms with Gasteiger partial charge in [0, 0.05) is 0 Å². The zero-order valence-corrected chi connectivity index (χ0v) is 16.1. The summed E-state index contributed by atoms with van der Waals surface area (Å²) >= 11 is 0. The molecular formula is C18H2B12. The van der Waals surface area contributed by atoms with E-state index < -0.39 is 0 Å². The molecule has 0 heterocycles. The van der Waals surface area contributed by atoms with Crippen LogP contribution in [0.3, 0.4) is 0 Å². The van der Waals surface area contributed by atoms with Crippen LogP contribution in [0.25, 0.3) is 22.3 Å². The highest BCUT2D eigenvalue weighted by atomic mass is 14.2. The highest BCUT2D eigenvalue weighted by Gasteiger charge is 2.19. The van der Waals surface area contributed by atoms with Crippen LogP contribution in [0.15, 0.2) is 12.1 Å². The van der Waals surface area contributed by atoms with Crippen molar-refractivity contribution in [2.75, 3.05) is 0 Å². The van der Waals surface area contributed by atoms with E-state index in [4.69, 9.17) is 94.2 Å². The predicted octanol–water partition coefficient (Wildman–Crippen LogP) is -9.45. The molecule has 0 saturated heterocycles. The Bertz CT molecular complexity index is 1190. The van der Waals surface area contributed by atoms with Crippen LogP contribution in [-0.2, 0) is 0 Å². The Morgan fingerprint density at radius 1 is 0.300 bits per heavy atom. The lowest BCUT2D eigenvalue weighted by Gasteiger charge is -2.27. The molecule has 0 saturated carbocycles. The minimum Gasteiger partial charge on any atom is -0.112 e. The molecule has 0 atom stereocenters. The standard InChI is InChI=1S/C18H2B12/c19-4-2-5(20)8(9-13(25)16(28)18(30)17(29)14(9)26)12(24)7(4)3-1-6(21)11(23)15(27)10(3)22/h1-2H. The first-order valence-corrected chi connectivity index (χ1v) is 8.62. The molecule has 30 heavy (non-hydrogen) atoms. The first-order chi connectivity index (χ1) is 13.9. The van der Waals surface area contributed by atoms with E-state index in [1.165, 1.54) is 12.1 Å².